The summed E-state index contributed by atoms with van der Waals surface area (Å²) < 4.78 is 0. The van der Waals surface area contributed by atoms with E-state index in [2.05, 4.69) is 12.8 Å². The van der Waals surface area contributed by atoms with Gasteiger partial charge in [0.15, 0.2) is 0 Å². The van der Waals surface area contributed by atoms with E-state index in [1.807, 2.05) is 19.3 Å². The Morgan fingerprint density at radius 2 is 0.253 bits per heavy atom. The summed E-state index contributed by atoms with van der Waals surface area (Å²) in [4.78, 5) is 0. The van der Waals surface area contributed by atoms with E-state index in [0.717, 1.165) is 227 Å². The van der Waals surface area contributed by atoms with Gasteiger partial charge < -0.3 is 0 Å². The molecule has 0 aromatic rings. The average molecular weight is 1800 g/mol. The van der Waals surface area contributed by atoms with Gasteiger partial charge in [-0.1, -0.05) is 0 Å². The number of fused-ring (bicyclic) bond motifs is 28. The van der Waals surface area contributed by atoms with E-state index < -0.39 is 0 Å². The van der Waals surface area contributed by atoms with Crippen LogP contribution >= 0.6 is 0 Å². The fraction of sp³-hybridized carbons (Fsp3) is 1.00. The standard InChI is InChI=1S/C146H50/c1-2-46-5-11-18-25-32-39-37-30-23-16-9-3-8-15-22-29-36-35-28-21-14-7-4-10-17-24-31-38-40-33-26-19-12-6(1)13-20-27-34-41-42-43-44-45(46)82-50(11,46)57(18)64(25)71(32)78(39)75(37)68(30)61(23)54(16)48(8,9)52(15)59(22)66(29)73(36)72(35)65(28)58(21)51(14)47(7,10)53(17)60(24)67(31)74(38)76(40)69(33)62(26)55(19)49(12,13)56(20)63(27)70(34)77(41)79(42)80(43)81(44,82)94-86(57,82)93(64)101(71)109(78)106(75)98(68)90(61)84(52,54)88(59)96(66)104(73)103(72)95(65)87(58)83(51,53)89(60)97(67)105(74)107(76)99(69)91(62)85(55,56)92(63)100(70)108(77)110(79)102(80,94)122-114(93,94)121(101)129(109)126(106)118(98)112(88,90)116(96)124(104)123(103)115(95)111(87,89)117(97)125(105)127(107)119(99)113(91,92)120(100)128(108)130(110,122)142-134(121,122)141(129)138(126)132(116,118)136(124)135(123)131(115,117)137(125)139(127)133(119,120)140(128,142)145(139)143(135,137)144(136,138)146(141,142)145/h6-45H,1-5H2/t6?,7?,8?,9?,10?,11?,12?,13?,14?,15?,16?,17?,18?,19?,20?,21?,22?,23?,24?,25?,26?,27?,28-,29?,30?,31?,32?,33?,34?,35?,36?,37?,38+,39?,40?,41?,42?,43?,44?,45?,46?,47?,48?,49?,50?,51?,52?,53?,54?,55?,56?,57?,58?,59?,60?,61?,62?,63?,64?,65-,66?,67?,68?,69?,70+,71?,72?,73?,74+,75-,76?,77?,78?,79?,80?,81?,82?,83?,84?,85?,86?,87?,88?,89?,90?,91?,92?,93?,94?,95-,96?,97?,98?,99?,100+,101?,102?,103?,104?,105+,106-,107?,108?,109?,110?,111?,112?,113?,114?,115-,116?,117?,118?,119?,120+,121?,122?,123?,124?,125+,126-,127?,128?,129?,130?,131?,132?,133?,134?,135?,136?,137-,138-,139+,140?,141?,142?,143?,144?,145?,146?/m1/s1. The molecule has 146 heavy (non-hydrogen) atoms. The fourth-order valence-corrected chi connectivity index (χ4v) is 194. The molecule has 0 saturated heterocycles. The highest BCUT2D eigenvalue weighted by molar-refractivity contribution is 7.07. The van der Waals surface area contributed by atoms with Gasteiger partial charge in [-0.05, 0) is 816 Å². The van der Waals surface area contributed by atoms with Crippen LogP contribution in [0.2, 0.25) is 0 Å². The molecule has 0 aromatic carbocycles. The smallest absolute Gasteiger partial charge is 0.00000000322 e. The first-order valence-electron chi connectivity index (χ1n) is 72.8. The van der Waals surface area contributed by atoms with E-state index in [-0.39, 0.29) is 0 Å². The normalized spacial score (nSPS) is 163. The third kappa shape index (κ3) is 0.710. The molecule has 141 atom stereocenters. The first-order chi connectivity index (χ1) is 72.8. The summed E-state index contributed by atoms with van der Waals surface area (Å²) in [5.41, 5.74) is 118. The van der Waals surface area contributed by atoms with Crippen molar-refractivity contribution in [3.8, 4) is 0 Å². The van der Waals surface area contributed by atoms with Gasteiger partial charge in [-0.15, -0.1) is 0 Å². The molecule has 0 amide bonds. The van der Waals surface area contributed by atoms with E-state index in [9.17, 15) is 0 Å². The molecular formula is C146H50. The maximum atomic E-state index is 2.08. The molecule has 634 valence electrons. The van der Waals surface area contributed by atoms with Crippen molar-refractivity contribution >= 4 is 0 Å². The summed E-state index contributed by atoms with van der Waals surface area (Å²) in [5, 5.41) is 0. The second-order valence-corrected chi connectivity index (χ2v) is 101. The minimum absolute atomic E-state index is 0.997. The van der Waals surface area contributed by atoms with Crippen LogP contribution in [0.15, 0.2) is 0 Å². The van der Waals surface area contributed by atoms with Crippen molar-refractivity contribution in [1.29, 1.82) is 0 Å². The van der Waals surface area contributed by atoms with E-state index in [1.54, 1.807) is 0 Å². The van der Waals surface area contributed by atoms with Crippen molar-refractivity contribution in [1.82, 2.24) is 0 Å². The maximum absolute atomic E-state index is 2.08. The van der Waals surface area contributed by atoms with Crippen LogP contribution in [-0.2, 0) is 0 Å². The second kappa shape index (κ2) is 5.63. The highest BCUT2D eigenvalue weighted by atomic mass is 16.0. The minimum atomic E-state index is 0.997. The Kier molecular flexibility index (Phi) is 1.66. The van der Waals surface area contributed by atoms with Crippen LogP contribution < -0.4 is 0 Å². The quantitative estimate of drug-likeness (QED) is 0.227. The molecule has 0 heteroatoms. The lowest BCUT2D eigenvalue weighted by atomic mass is 8.13. The molecule has 122 saturated carbocycles. The van der Waals surface area contributed by atoms with Crippen molar-refractivity contribution < 1.29 is 0 Å². The zero-order chi connectivity index (χ0) is 77.1. The molecule has 0 heterocycles. The van der Waals surface area contributed by atoms with Crippen LogP contribution in [0.1, 0.15) is 32.1 Å². The molecular weight excluding hydrogens is 1750 g/mol. The SMILES string of the molecule is C1CC23CC4C5C6C7C8C9C%10C%11C%12C%13CC%14C%15C%16C%17C%18C%19[C@H]%20C%21C%22C%23CC%24C%25C%26C%27[C@H]%28C%29C%30C%31C%32C%33C1C1C%34C%35C%36C%37C%38C%39C%40C2C2%41C43C53C64C75C67C4%42C23C23C%40%41C%394C%38%39C%38%40C42C24C3%42C63C26C2%41C4%38C4%38C2%42C2%43C%41%44C6%41C36C73C85[C@]95C%107C%118C%129C%14%13C%15%10C%16%11C%17%12C%18%13C%14%15C%12%16C%11%12C%109C89C%128C%16%10C%14%11C%12%14C%16%17C%11%18C%15%11C%19%13[C@]%20%13C%21%15C%22%19C%24%23C%25%20C%26%21C%22%23C%20%19C%15%19C%22%15C%20%22C%23%24C%27%21[C@]%28%21C%29%23C%30%25C%31%26C%32%27C%331C%341C%27%28C%26%27C%25%26C%25%29C%27%30C%28%27C%351[C@]%361C%37%39C%404[C@@]%271[C@]%30%38C%42%25[C@]21C%292C%26%23[C@@]%24%21[C@]%202[C@@]1(C%16%43C%12%44[C@]%411C%10%14C82C97[C@@]35[C@@]261)C%17%22[C@@]%18%15[C@@]%11%19%13. The summed E-state index contributed by atoms with van der Waals surface area (Å²) in [7, 11) is 0. The van der Waals surface area contributed by atoms with Crippen molar-refractivity contribution in [2.45, 2.75) is 32.1 Å². The fourth-order valence-electron chi connectivity index (χ4n) is 194. The summed E-state index contributed by atoms with van der Waals surface area (Å²) >= 11 is 0. The molecule has 122 rings (SSSR count). The molecule has 122 fully saturated rings. The predicted octanol–water partition coefficient (Wildman–Crippen LogP) is 11.7. The summed E-state index contributed by atoms with van der Waals surface area (Å²) in [6.07, 6.45) is 10.2. The molecule has 0 aromatic heterocycles. The van der Waals surface area contributed by atoms with Gasteiger partial charge in [0.25, 0.3) is 0 Å². The van der Waals surface area contributed by atoms with Crippen LogP contribution in [0.25, 0.3) is 0 Å². The highest BCUT2D eigenvalue weighted by Gasteiger charge is 3.99. The average Bonchev–Trinajstić information content (AvgIpc) is 0.391. The van der Waals surface area contributed by atoms with Crippen molar-refractivity contribution in [3.05, 3.63) is 319 Å². The third-order valence-corrected chi connectivity index (χ3v) is 143. The lowest BCUT2D eigenvalue weighted by Crippen LogP contribution is -3.84. The Hall–Kier alpha value is 0. The van der Waals surface area contributed by atoms with E-state index >= 15 is 0 Å². The Balaban J connectivity index is 0.524. The third-order valence-electron chi connectivity index (χ3n) is 143. The van der Waals surface area contributed by atoms with Crippen LogP contribution in [-0.4, -0.2) is 0 Å². The molecule has 0 radical (unpaired) electrons. The molecule has 0 aliphatic heterocycles. The molecule has 0 bridgehead atoms. The first kappa shape index (κ1) is 43.1. The van der Waals surface area contributed by atoms with Gasteiger partial charge >= 0.3 is 0 Å². The first-order valence-corrected chi connectivity index (χ1v) is 72.8. The molecule has 122 aliphatic carbocycles. The number of hydrogen-bond donors (Lipinski definition) is 0. The predicted molar refractivity (Wildman–Crippen MR) is 456 cm³/mol. The molecule has 101 spiro atoms. The van der Waals surface area contributed by atoms with Crippen molar-refractivity contribution in [2.24, 2.45) is 464 Å². The molecule has 0 N–H and O–H groups in total. The van der Waals surface area contributed by atoms with E-state index in [0.29, 0.717) is 0 Å². The van der Waals surface area contributed by atoms with Gasteiger partial charge in [0, 0.05) is 0 Å². The maximum Gasteiger partial charge on any atom is -0.00000000322 e. The van der Waals surface area contributed by atoms with Gasteiger partial charge in [-0.25, -0.2) is 0 Å². The van der Waals surface area contributed by atoms with E-state index in [1.165, 1.54) is 556 Å². The van der Waals surface area contributed by atoms with Gasteiger partial charge in [-0.2, -0.15) is 0 Å². The molecule has 0 nitrogen and oxygen atoms in total. The molecule has 122 aliphatic rings. The van der Waals surface area contributed by atoms with Crippen LogP contribution in [0.3, 0.4) is 0 Å². The summed E-state index contributed by atoms with van der Waals surface area (Å²) in [6, 6.07) is 0. The van der Waals surface area contributed by atoms with Gasteiger partial charge in [0.1, 0.15) is 0 Å². The zero-order valence-corrected chi connectivity index (χ0v) is 77.1. The summed E-state index contributed by atoms with van der Waals surface area (Å²) in [6.45, 7) is 0. The van der Waals surface area contributed by atoms with E-state index in [4.69, 9.17) is 0 Å². The van der Waals surface area contributed by atoms with Crippen LogP contribution in [0.5, 0.6) is 0 Å². The molecule has 124 unspecified atom stereocenters. The van der Waals surface area contributed by atoms with Crippen molar-refractivity contribution in [3.63, 3.8) is 0 Å². The van der Waals surface area contributed by atoms with Gasteiger partial charge in [-0.3, -0.25) is 0 Å². The lowest BCUT2D eigenvalue weighted by molar-refractivity contribution is -1.27. The van der Waals surface area contributed by atoms with Crippen LogP contribution in [0.4, 0.5) is 0 Å². The minimum Gasteiger partial charge on any atom is -0.0493 e. The Morgan fingerprint density at radius 1 is 0.103 bits per heavy atom. The number of hydrogen-bond acceptors (Lipinski definition) is 0. The Bertz CT molecular complexity index is 13200. The van der Waals surface area contributed by atoms with Gasteiger partial charge in [0.05, 0.1) is 0 Å². The second-order valence-electron chi connectivity index (χ2n) is 101. The topological polar surface area (TPSA) is 0 Å². The van der Waals surface area contributed by atoms with Crippen LogP contribution in [0, 0.1) is 784 Å². The van der Waals surface area contributed by atoms with Crippen molar-refractivity contribution in [2.75, 3.05) is 0 Å². The highest BCUT2D eigenvalue weighted by Crippen LogP contribution is 4.04. The Morgan fingerprint density at radius 3 is 0.486 bits per heavy atom. The summed E-state index contributed by atoms with van der Waals surface area (Å²) in [5.74, 6) is 59.3. The van der Waals surface area contributed by atoms with Gasteiger partial charge in [0.2, 0.25) is 0 Å². The lowest BCUT2D eigenvalue weighted by Gasteiger charge is -3.88. The monoisotopic (exact) mass is 1800 g/mol. The zero-order valence-electron chi connectivity index (χ0n) is 77.1. The Labute approximate surface area is 809 Å². The largest absolute Gasteiger partial charge is 0.0493 e. The number of rotatable bonds is 0.